The van der Waals surface area contributed by atoms with Crippen LogP contribution in [0, 0.1) is 0 Å². The van der Waals surface area contributed by atoms with Crippen molar-refractivity contribution in [1.82, 2.24) is 5.32 Å². The van der Waals surface area contributed by atoms with Crippen LogP contribution < -0.4 is 5.32 Å². The van der Waals surface area contributed by atoms with Gasteiger partial charge in [0.25, 0.3) is 0 Å². The Hall–Kier alpha value is -0.0800. The first-order valence-electron chi connectivity index (χ1n) is 5.68. The number of hydrogen-bond donors (Lipinski definition) is 1. The SMILES string of the molecule is CC1(C2CCCCO2)CCCCN1. The van der Waals surface area contributed by atoms with Gasteiger partial charge in [-0.05, 0) is 45.6 Å². The van der Waals surface area contributed by atoms with Gasteiger partial charge in [0, 0.05) is 12.1 Å². The van der Waals surface area contributed by atoms with Crippen molar-refractivity contribution < 1.29 is 4.74 Å². The van der Waals surface area contributed by atoms with Crippen molar-refractivity contribution in [2.75, 3.05) is 13.2 Å². The van der Waals surface area contributed by atoms with E-state index >= 15 is 0 Å². The van der Waals surface area contributed by atoms with E-state index in [1.807, 2.05) is 0 Å². The summed E-state index contributed by atoms with van der Waals surface area (Å²) < 4.78 is 5.86. The third-order valence-electron chi connectivity index (χ3n) is 3.54. The van der Waals surface area contributed by atoms with Gasteiger partial charge in [-0.15, -0.1) is 0 Å². The highest BCUT2D eigenvalue weighted by Gasteiger charge is 2.36. The quantitative estimate of drug-likeness (QED) is 0.672. The van der Waals surface area contributed by atoms with E-state index in [9.17, 15) is 0 Å². The molecule has 76 valence electrons. The zero-order valence-electron chi connectivity index (χ0n) is 8.64. The number of hydrogen-bond acceptors (Lipinski definition) is 2. The number of piperidine rings is 1. The molecule has 2 aliphatic rings. The Kier molecular flexibility index (Phi) is 2.89. The zero-order chi connectivity index (χ0) is 9.15. The number of ether oxygens (including phenoxy) is 1. The first-order chi connectivity index (χ1) is 6.31. The van der Waals surface area contributed by atoms with Gasteiger partial charge >= 0.3 is 0 Å². The smallest absolute Gasteiger partial charge is 0.0753 e. The maximum Gasteiger partial charge on any atom is 0.0753 e. The Morgan fingerprint density at radius 2 is 2.15 bits per heavy atom. The largest absolute Gasteiger partial charge is 0.376 e. The second-order valence-corrected chi connectivity index (χ2v) is 4.66. The maximum absolute atomic E-state index is 5.86. The van der Waals surface area contributed by atoms with Gasteiger partial charge in [0.05, 0.1) is 6.10 Å². The summed E-state index contributed by atoms with van der Waals surface area (Å²) in [5, 5.41) is 3.64. The third-order valence-corrected chi connectivity index (χ3v) is 3.54. The van der Waals surface area contributed by atoms with E-state index in [1.54, 1.807) is 0 Å². The fraction of sp³-hybridized carbons (Fsp3) is 1.00. The Bertz CT molecular complexity index is 157. The summed E-state index contributed by atoms with van der Waals surface area (Å²) >= 11 is 0. The van der Waals surface area contributed by atoms with Gasteiger partial charge in [0.2, 0.25) is 0 Å². The lowest BCUT2D eigenvalue weighted by atomic mass is 9.82. The Balaban J connectivity index is 1.94. The van der Waals surface area contributed by atoms with Crippen LogP contribution in [0.1, 0.15) is 45.4 Å². The molecule has 0 bridgehead atoms. The topological polar surface area (TPSA) is 21.3 Å². The molecule has 2 saturated heterocycles. The van der Waals surface area contributed by atoms with Crippen molar-refractivity contribution in [3.63, 3.8) is 0 Å². The van der Waals surface area contributed by atoms with E-state index in [0.717, 1.165) is 6.61 Å². The van der Waals surface area contributed by atoms with Crippen LogP contribution in [-0.4, -0.2) is 24.8 Å². The molecule has 0 amide bonds. The standard InChI is InChI=1S/C11H21NO/c1-11(7-3-4-8-12-11)10-6-2-5-9-13-10/h10,12H,2-9H2,1H3. The van der Waals surface area contributed by atoms with Gasteiger partial charge in [-0.1, -0.05) is 6.42 Å². The minimum atomic E-state index is 0.276. The molecule has 2 heteroatoms. The molecule has 2 unspecified atom stereocenters. The molecule has 1 N–H and O–H groups in total. The average Bonchev–Trinajstić information content (AvgIpc) is 2.20. The molecule has 0 aromatic heterocycles. The average molecular weight is 183 g/mol. The first-order valence-corrected chi connectivity index (χ1v) is 5.68. The summed E-state index contributed by atoms with van der Waals surface area (Å²) in [4.78, 5) is 0. The minimum absolute atomic E-state index is 0.276. The van der Waals surface area contributed by atoms with Crippen molar-refractivity contribution in [2.45, 2.75) is 57.1 Å². The monoisotopic (exact) mass is 183 g/mol. The number of rotatable bonds is 1. The molecule has 0 radical (unpaired) electrons. The van der Waals surface area contributed by atoms with Crippen LogP contribution in [0.4, 0.5) is 0 Å². The third kappa shape index (κ3) is 2.05. The van der Waals surface area contributed by atoms with E-state index in [-0.39, 0.29) is 5.54 Å². The summed E-state index contributed by atoms with van der Waals surface area (Å²) in [6.45, 7) is 4.49. The first kappa shape index (κ1) is 9.47. The molecule has 2 atom stereocenters. The van der Waals surface area contributed by atoms with Crippen LogP contribution in [0.5, 0.6) is 0 Å². The molecule has 0 spiro atoms. The van der Waals surface area contributed by atoms with Gasteiger partial charge in [0.1, 0.15) is 0 Å². The summed E-state index contributed by atoms with van der Waals surface area (Å²) in [6, 6.07) is 0. The molecule has 0 aromatic rings. The molecule has 2 nitrogen and oxygen atoms in total. The highest BCUT2D eigenvalue weighted by Crippen LogP contribution is 2.29. The van der Waals surface area contributed by atoms with Crippen LogP contribution in [0.25, 0.3) is 0 Å². The Morgan fingerprint density at radius 3 is 2.77 bits per heavy atom. The van der Waals surface area contributed by atoms with Crippen molar-refractivity contribution in [1.29, 1.82) is 0 Å². The number of nitrogens with one attached hydrogen (secondary N) is 1. The summed E-state index contributed by atoms with van der Waals surface area (Å²) in [5.41, 5.74) is 0.276. The molecule has 2 fully saturated rings. The minimum Gasteiger partial charge on any atom is -0.376 e. The van der Waals surface area contributed by atoms with Crippen molar-refractivity contribution in [3.05, 3.63) is 0 Å². The van der Waals surface area contributed by atoms with E-state index in [2.05, 4.69) is 12.2 Å². The molecule has 0 aliphatic carbocycles. The Labute approximate surface area is 81.0 Å². The maximum atomic E-state index is 5.86. The van der Waals surface area contributed by atoms with E-state index < -0.39 is 0 Å². The zero-order valence-corrected chi connectivity index (χ0v) is 8.64. The lowest BCUT2D eigenvalue weighted by molar-refractivity contribution is -0.0474. The summed E-state index contributed by atoms with van der Waals surface area (Å²) in [5.74, 6) is 0. The Morgan fingerprint density at radius 1 is 1.23 bits per heavy atom. The highest BCUT2D eigenvalue weighted by atomic mass is 16.5. The molecule has 2 rings (SSSR count). The molecular formula is C11H21NO. The fourth-order valence-electron chi connectivity index (χ4n) is 2.60. The van der Waals surface area contributed by atoms with Crippen molar-refractivity contribution in [2.24, 2.45) is 0 Å². The van der Waals surface area contributed by atoms with Crippen molar-refractivity contribution >= 4 is 0 Å². The van der Waals surface area contributed by atoms with Gasteiger partial charge in [-0.25, -0.2) is 0 Å². The van der Waals surface area contributed by atoms with Crippen molar-refractivity contribution in [3.8, 4) is 0 Å². The second-order valence-electron chi connectivity index (χ2n) is 4.66. The van der Waals surface area contributed by atoms with Gasteiger partial charge in [0.15, 0.2) is 0 Å². The van der Waals surface area contributed by atoms with Gasteiger partial charge in [-0.3, -0.25) is 0 Å². The fourth-order valence-corrected chi connectivity index (χ4v) is 2.60. The van der Waals surface area contributed by atoms with Gasteiger partial charge < -0.3 is 10.1 Å². The molecule has 13 heavy (non-hydrogen) atoms. The lowest BCUT2D eigenvalue weighted by Gasteiger charge is -2.43. The van der Waals surface area contributed by atoms with Crippen LogP contribution in [0.3, 0.4) is 0 Å². The molecular weight excluding hydrogens is 162 g/mol. The van der Waals surface area contributed by atoms with Crippen LogP contribution in [0.15, 0.2) is 0 Å². The summed E-state index contributed by atoms with van der Waals surface area (Å²) in [6.07, 6.45) is 8.32. The van der Waals surface area contributed by atoms with Crippen LogP contribution in [0.2, 0.25) is 0 Å². The molecule has 2 aliphatic heterocycles. The van der Waals surface area contributed by atoms with E-state index in [0.29, 0.717) is 6.10 Å². The molecule has 2 heterocycles. The second kappa shape index (κ2) is 3.97. The normalized spacial score (nSPS) is 41.8. The molecule has 0 saturated carbocycles. The summed E-state index contributed by atoms with van der Waals surface area (Å²) in [7, 11) is 0. The van der Waals surface area contributed by atoms with E-state index in [4.69, 9.17) is 4.74 Å². The predicted octanol–water partition coefficient (Wildman–Crippen LogP) is 2.09. The van der Waals surface area contributed by atoms with Crippen LogP contribution >= 0.6 is 0 Å². The van der Waals surface area contributed by atoms with Gasteiger partial charge in [-0.2, -0.15) is 0 Å². The lowest BCUT2D eigenvalue weighted by Crippen LogP contribution is -2.56. The highest BCUT2D eigenvalue weighted by molar-refractivity contribution is 4.94. The predicted molar refractivity (Wildman–Crippen MR) is 53.8 cm³/mol. The molecule has 0 aromatic carbocycles. The van der Waals surface area contributed by atoms with E-state index in [1.165, 1.54) is 45.1 Å². The van der Waals surface area contributed by atoms with Crippen LogP contribution in [-0.2, 0) is 4.74 Å².